The molecule has 0 radical (unpaired) electrons. The lowest BCUT2D eigenvalue weighted by atomic mass is 10.1. The highest BCUT2D eigenvalue weighted by molar-refractivity contribution is 5.46. The molecule has 114 valence electrons. The Morgan fingerprint density at radius 1 is 1.20 bits per heavy atom. The molecule has 0 aliphatic heterocycles. The van der Waals surface area contributed by atoms with Crippen LogP contribution in [0.4, 0.5) is 13.2 Å². The molecule has 4 nitrogen and oxygen atoms in total. The van der Waals surface area contributed by atoms with Gasteiger partial charge in [-0.05, 0) is 31.5 Å². The zero-order valence-electron chi connectivity index (χ0n) is 11.2. The van der Waals surface area contributed by atoms with Crippen molar-refractivity contribution in [3.63, 3.8) is 0 Å². The average molecular weight is 293 g/mol. The molecule has 0 amide bonds. The first kappa shape index (κ1) is 16.6. The third kappa shape index (κ3) is 5.66. The van der Waals surface area contributed by atoms with Crippen LogP contribution in [0.15, 0.2) is 18.2 Å². The van der Waals surface area contributed by atoms with Crippen LogP contribution in [0.2, 0.25) is 0 Å². The summed E-state index contributed by atoms with van der Waals surface area (Å²) in [5, 5.41) is 0. The van der Waals surface area contributed by atoms with Crippen LogP contribution in [0.1, 0.15) is 12.5 Å². The zero-order chi connectivity index (χ0) is 15.0. The lowest BCUT2D eigenvalue weighted by Crippen LogP contribution is -2.19. The van der Waals surface area contributed by atoms with Gasteiger partial charge in [0.05, 0.1) is 6.61 Å². The molecule has 0 unspecified atom stereocenters. The maximum Gasteiger partial charge on any atom is 0.411 e. The van der Waals surface area contributed by atoms with Gasteiger partial charge in [0, 0.05) is 0 Å². The minimum Gasteiger partial charge on any atom is -0.490 e. The summed E-state index contributed by atoms with van der Waals surface area (Å²) in [4.78, 5) is 0. The fourth-order valence-corrected chi connectivity index (χ4v) is 1.60. The fourth-order valence-electron chi connectivity index (χ4n) is 1.60. The predicted octanol–water partition coefficient (Wildman–Crippen LogP) is 2.50. The number of ether oxygens (including phenoxy) is 3. The second-order valence-electron chi connectivity index (χ2n) is 3.94. The monoisotopic (exact) mass is 293 g/mol. The number of nitrogens with two attached hydrogens (primary N) is 1. The van der Waals surface area contributed by atoms with E-state index in [0.29, 0.717) is 31.1 Å². The third-order valence-corrected chi connectivity index (χ3v) is 2.33. The molecule has 7 heteroatoms. The molecule has 0 spiro atoms. The van der Waals surface area contributed by atoms with Crippen LogP contribution in [0.3, 0.4) is 0 Å². The smallest absolute Gasteiger partial charge is 0.411 e. The highest BCUT2D eigenvalue weighted by Crippen LogP contribution is 2.31. The van der Waals surface area contributed by atoms with Crippen LogP contribution >= 0.6 is 0 Å². The number of para-hydroxylation sites is 1. The van der Waals surface area contributed by atoms with Crippen LogP contribution in [-0.4, -0.2) is 32.7 Å². The van der Waals surface area contributed by atoms with Crippen molar-refractivity contribution < 1.29 is 27.4 Å². The van der Waals surface area contributed by atoms with Crippen LogP contribution in [0, 0.1) is 0 Å². The van der Waals surface area contributed by atoms with Crippen LogP contribution in [-0.2, 0) is 11.2 Å². The summed E-state index contributed by atoms with van der Waals surface area (Å²) in [5.41, 5.74) is 6.26. The van der Waals surface area contributed by atoms with Crippen molar-refractivity contribution in [1.82, 2.24) is 0 Å². The summed E-state index contributed by atoms with van der Waals surface area (Å²) in [6.07, 6.45) is -3.83. The van der Waals surface area contributed by atoms with Crippen LogP contribution < -0.4 is 15.2 Å². The molecule has 1 rings (SSSR count). The first-order valence-corrected chi connectivity index (χ1v) is 6.20. The van der Waals surface area contributed by atoms with Crippen LogP contribution in [0.25, 0.3) is 0 Å². The minimum absolute atomic E-state index is 0.377. The van der Waals surface area contributed by atoms with E-state index < -0.39 is 19.6 Å². The Balaban J connectivity index is 2.69. The number of hydrogen-bond acceptors (Lipinski definition) is 4. The SMILES string of the molecule is CCOc1cccc(CCN)c1OCOCC(F)(F)F. The van der Waals surface area contributed by atoms with Gasteiger partial charge in [-0.1, -0.05) is 12.1 Å². The van der Waals surface area contributed by atoms with E-state index in [1.54, 1.807) is 25.1 Å². The molecule has 0 aliphatic carbocycles. The Kier molecular flexibility index (Phi) is 6.60. The summed E-state index contributed by atoms with van der Waals surface area (Å²) in [6.45, 7) is 0.776. The third-order valence-electron chi connectivity index (χ3n) is 2.33. The first-order valence-electron chi connectivity index (χ1n) is 6.20. The highest BCUT2D eigenvalue weighted by atomic mass is 19.4. The van der Waals surface area contributed by atoms with Crippen molar-refractivity contribution in [2.75, 3.05) is 26.6 Å². The van der Waals surface area contributed by atoms with Crippen molar-refractivity contribution in [3.05, 3.63) is 23.8 Å². The molecule has 1 aromatic rings. The molecule has 0 saturated heterocycles. The van der Waals surface area contributed by atoms with E-state index >= 15 is 0 Å². The molecular weight excluding hydrogens is 275 g/mol. The number of hydrogen-bond donors (Lipinski definition) is 1. The zero-order valence-corrected chi connectivity index (χ0v) is 11.2. The van der Waals surface area contributed by atoms with E-state index in [1.807, 2.05) is 0 Å². The van der Waals surface area contributed by atoms with Gasteiger partial charge in [0.1, 0.15) is 6.61 Å². The van der Waals surface area contributed by atoms with E-state index in [2.05, 4.69) is 4.74 Å². The molecule has 2 N–H and O–H groups in total. The van der Waals surface area contributed by atoms with E-state index in [-0.39, 0.29) is 0 Å². The van der Waals surface area contributed by atoms with Gasteiger partial charge in [-0.2, -0.15) is 13.2 Å². The van der Waals surface area contributed by atoms with Crippen LogP contribution in [0.5, 0.6) is 11.5 Å². The number of alkyl halides is 3. The maximum atomic E-state index is 12.0. The van der Waals surface area contributed by atoms with Crippen molar-refractivity contribution in [2.24, 2.45) is 5.73 Å². The molecular formula is C13H18F3NO3. The largest absolute Gasteiger partial charge is 0.490 e. The van der Waals surface area contributed by atoms with E-state index in [1.165, 1.54) is 0 Å². The Bertz CT molecular complexity index is 386. The number of rotatable bonds is 8. The highest BCUT2D eigenvalue weighted by Gasteiger charge is 2.27. The number of halogens is 3. The molecule has 0 atom stereocenters. The second-order valence-corrected chi connectivity index (χ2v) is 3.94. The van der Waals surface area contributed by atoms with Gasteiger partial charge in [0.25, 0.3) is 0 Å². The summed E-state index contributed by atoms with van der Waals surface area (Å²) in [5.74, 6) is 0.844. The predicted molar refractivity (Wildman–Crippen MR) is 67.9 cm³/mol. The van der Waals surface area contributed by atoms with E-state index in [4.69, 9.17) is 15.2 Å². The lowest BCUT2D eigenvalue weighted by Gasteiger charge is -2.16. The Morgan fingerprint density at radius 2 is 1.95 bits per heavy atom. The summed E-state index contributed by atoms with van der Waals surface area (Å²) < 4.78 is 51.0. The molecule has 0 saturated carbocycles. The van der Waals surface area contributed by atoms with E-state index in [0.717, 1.165) is 5.56 Å². The first-order chi connectivity index (χ1) is 9.48. The molecule has 0 bridgehead atoms. The van der Waals surface area contributed by atoms with Gasteiger partial charge in [-0.15, -0.1) is 0 Å². The van der Waals surface area contributed by atoms with Crippen molar-refractivity contribution in [1.29, 1.82) is 0 Å². The van der Waals surface area contributed by atoms with Crippen molar-refractivity contribution in [2.45, 2.75) is 19.5 Å². The maximum absolute atomic E-state index is 12.0. The summed E-state index contributed by atoms with van der Waals surface area (Å²) in [6, 6.07) is 5.25. The Hall–Kier alpha value is -1.47. The molecule has 0 aliphatic rings. The van der Waals surface area contributed by atoms with E-state index in [9.17, 15) is 13.2 Å². The van der Waals surface area contributed by atoms with Gasteiger partial charge >= 0.3 is 6.18 Å². The molecule has 0 aromatic heterocycles. The lowest BCUT2D eigenvalue weighted by molar-refractivity contribution is -0.186. The molecule has 20 heavy (non-hydrogen) atoms. The average Bonchev–Trinajstić information content (AvgIpc) is 2.36. The summed E-state index contributed by atoms with van der Waals surface area (Å²) >= 11 is 0. The Labute approximate surface area is 115 Å². The van der Waals surface area contributed by atoms with Gasteiger partial charge in [-0.25, -0.2) is 0 Å². The minimum atomic E-state index is -4.37. The molecule has 0 heterocycles. The number of benzene rings is 1. The normalized spacial score (nSPS) is 11.4. The topological polar surface area (TPSA) is 53.7 Å². The van der Waals surface area contributed by atoms with Crippen molar-refractivity contribution in [3.8, 4) is 11.5 Å². The second kappa shape index (κ2) is 7.96. The molecule has 1 aromatic carbocycles. The fraction of sp³-hybridized carbons (Fsp3) is 0.538. The van der Waals surface area contributed by atoms with Gasteiger partial charge in [0.15, 0.2) is 18.3 Å². The van der Waals surface area contributed by atoms with Gasteiger partial charge < -0.3 is 19.9 Å². The van der Waals surface area contributed by atoms with Crippen molar-refractivity contribution >= 4 is 0 Å². The standard InChI is InChI=1S/C13H18F3NO3/c1-2-19-11-5-3-4-10(6-7-17)12(11)20-9-18-8-13(14,15)16/h3-5H,2,6-9,17H2,1H3. The summed E-state index contributed by atoms with van der Waals surface area (Å²) in [7, 11) is 0. The van der Waals surface area contributed by atoms with Gasteiger partial charge in [-0.3, -0.25) is 0 Å². The quantitative estimate of drug-likeness (QED) is 0.591. The van der Waals surface area contributed by atoms with Gasteiger partial charge in [0.2, 0.25) is 0 Å². The Morgan fingerprint density at radius 3 is 2.55 bits per heavy atom. The molecule has 0 fully saturated rings.